The molecule has 0 amide bonds. The van der Waals surface area contributed by atoms with Crippen LogP contribution in [0.15, 0.2) is 108 Å². The largest absolute Gasteiger partial charge is 0.501 e. The molecule has 0 unspecified atom stereocenters. The summed E-state index contributed by atoms with van der Waals surface area (Å²) in [6.45, 7) is 15.2. The number of hydrogen-bond acceptors (Lipinski definition) is 4. The molecule has 4 aromatic carbocycles. The number of hydrogen-bond donors (Lipinski definition) is 0. The first-order valence-corrected chi connectivity index (χ1v) is 16.9. The molecule has 0 saturated carbocycles. The number of pyridine rings is 2. The topological polar surface area (TPSA) is 56.7 Å². The Kier molecular flexibility index (Phi) is 10.2. The Labute approximate surface area is 307 Å². The first-order chi connectivity index (χ1) is 23.7. The summed E-state index contributed by atoms with van der Waals surface area (Å²) in [6.07, 6.45) is 3.71. The van der Waals surface area contributed by atoms with Gasteiger partial charge in [-0.3, -0.25) is 4.98 Å². The number of furan rings is 1. The average molecular weight is 833 g/mol. The molecule has 0 atom stereocenters. The van der Waals surface area contributed by atoms with Gasteiger partial charge in [0.05, 0.1) is 16.9 Å². The molecular weight excluding hydrogens is 793 g/mol. The van der Waals surface area contributed by atoms with Crippen LogP contribution in [0.2, 0.25) is 0 Å². The Hall–Kier alpha value is -4.90. The van der Waals surface area contributed by atoms with Crippen molar-refractivity contribution in [3.8, 4) is 28.3 Å². The number of para-hydroxylation sites is 2. The van der Waals surface area contributed by atoms with Crippen molar-refractivity contribution >= 4 is 33.1 Å². The maximum atomic E-state index is 6.41. The summed E-state index contributed by atoms with van der Waals surface area (Å²) in [5.41, 5.74) is 13.6. The van der Waals surface area contributed by atoms with Crippen LogP contribution in [0.5, 0.6) is 0 Å². The molecule has 4 heterocycles. The maximum Gasteiger partial charge on any atom is 0.168 e. The molecule has 0 aliphatic carbocycles. The molecule has 5 nitrogen and oxygen atoms in total. The maximum absolute atomic E-state index is 6.41. The molecule has 0 fully saturated rings. The Morgan fingerprint density at radius 3 is 2.14 bits per heavy atom. The van der Waals surface area contributed by atoms with Crippen LogP contribution in [0, 0.1) is 32.9 Å². The van der Waals surface area contributed by atoms with E-state index in [0.29, 0.717) is 11.8 Å². The van der Waals surface area contributed by atoms with E-state index in [4.69, 9.17) is 9.40 Å². The minimum atomic E-state index is 0. The monoisotopic (exact) mass is 833 g/mol. The van der Waals surface area contributed by atoms with E-state index in [2.05, 4.69) is 117 Å². The van der Waals surface area contributed by atoms with Crippen LogP contribution >= 0.6 is 0 Å². The molecule has 8 rings (SSSR count). The van der Waals surface area contributed by atoms with Crippen molar-refractivity contribution < 1.29 is 24.5 Å². The van der Waals surface area contributed by atoms with E-state index in [0.717, 1.165) is 61.3 Å². The van der Waals surface area contributed by atoms with Crippen molar-refractivity contribution in [2.45, 2.75) is 60.3 Å². The molecule has 0 bridgehead atoms. The van der Waals surface area contributed by atoms with Gasteiger partial charge in [0.2, 0.25) is 0 Å². The second-order valence-corrected chi connectivity index (χ2v) is 13.4. The van der Waals surface area contributed by atoms with Crippen LogP contribution in [-0.2, 0) is 20.1 Å². The van der Waals surface area contributed by atoms with E-state index in [9.17, 15) is 0 Å². The first-order valence-electron chi connectivity index (χ1n) is 16.9. The summed E-state index contributed by atoms with van der Waals surface area (Å²) < 4.78 is 8.71. The zero-order chi connectivity index (χ0) is 34.2. The fourth-order valence-electron chi connectivity index (χ4n) is 6.45. The standard InChI is InChI=1S/C31H28N3O.C13H12N.Ir/c1-18(2)21-11-8-12-22(19(3)4)28(21)34-27-20(5)16-17-32-30(27)33-31(34)25-14-9-13-24-23-10-6-7-15-26(23)35-29(24)25;1-10-3-6-12(7-4-10)13-8-5-11(2)9-14-13;/h6-13,15-19H,1-5H3;3-6,8-9H,1-2H3;/q2*-1;. The van der Waals surface area contributed by atoms with Gasteiger partial charge in [0.25, 0.3) is 0 Å². The molecule has 0 spiro atoms. The van der Waals surface area contributed by atoms with Crippen LogP contribution in [0.3, 0.4) is 0 Å². The third-order valence-electron chi connectivity index (χ3n) is 9.04. The molecule has 0 saturated heterocycles. The zero-order valence-corrected chi connectivity index (χ0v) is 31.9. The number of aryl methyl sites for hydroxylation is 3. The second kappa shape index (κ2) is 14.5. The minimum absolute atomic E-state index is 0. The normalized spacial score (nSPS) is 11.3. The molecular formula is C44H40IrN4O-2. The summed E-state index contributed by atoms with van der Waals surface area (Å²) in [7, 11) is 0. The van der Waals surface area contributed by atoms with Gasteiger partial charge in [0.15, 0.2) is 5.65 Å². The summed E-state index contributed by atoms with van der Waals surface area (Å²) >= 11 is 0. The molecule has 6 heteroatoms. The molecule has 1 radical (unpaired) electrons. The number of rotatable bonds is 5. The predicted octanol–water partition coefficient (Wildman–Crippen LogP) is 11.5. The Morgan fingerprint density at radius 1 is 0.720 bits per heavy atom. The van der Waals surface area contributed by atoms with Gasteiger partial charge in [0.1, 0.15) is 5.58 Å². The molecule has 50 heavy (non-hydrogen) atoms. The third kappa shape index (κ3) is 6.54. The Balaban J connectivity index is 0.000000242. The van der Waals surface area contributed by atoms with E-state index in [1.165, 1.54) is 27.9 Å². The van der Waals surface area contributed by atoms with Gasteiger partial charge in [-0.05, 0) is 65.8 Å². The van der Waals surface area contributed by atoms with Crippen molar-refractivity contribution in [3.05, 3.63) is 143 Å². The van der Waals surface area contributed by atoms with Crippen LogP contribution in [-0.4, -0.2) is 19.5 Å². The number of nitrogens with zero attached hydrogens (tertiary/aromatic N) is 4. The second-order valence-electron chi connectivity index (χ2n) is 13.4. The van der Waals surface area contributed by atoms with Crippen LogP contribution < -0.4 is 0 Å². The Morgan fingerprint density at radius 2 is 1.46 bits per heavy atom. The van der Waals surface area contributed by atoms with Crippen molar-refractivity contribution in [2.75, 3.05) is 0 Å². The van der Waals surface area contributed by atoms with E-state index in [1.54, 1.807) is 0 Å². The van der Waals surface area contributed by atoms with E-state index >= 15 is 0 Å². The van der Waals surface area contributed by atoms with Crippen molar-refractivity contribution in [1.29, 1.82) is 0 Å². The summed E-state index contributed by atoms with van der Waals surface area (Å²) in [5, 5.41) is 2.17. The minimum Gasteiger partial charge on any atom is -0.501 e. The molecule has 0 aliphatic heterocycles. The van der Waals surface area contributed by atoms with Gasteiger partial charge in [-0.15, -0.1) is 53.6 Å². The SMILES string of the molecule is Cc1c[c-]c(-c2ccc(C)cn2)cc1.Cc1ccnc2nc(-c3[c-]ccc4c3oc3ccccc34)n(-c3c(C(C)C)cccc3C(C)C)c12.[Ir]. The van der Waals surface area contributed by atoms with E-state index in [1.807, 2.05) is 61.8 Å². The van der Waals surface area contributed by atoms with Gasteiger partial charge in [-0.1, -0.05) is 94.1 Å². The zero-order valence-electron chi connectivity index (χ0n) is 29.5. The Bertz CT molecular complexity index is 2350. The van der Waals surface area contributed by atoms with Crippen LogP contribution in [0.25, 0.3) is 61.4 Å². The number of benzene rings is 4. The molecule has 0 N–H and O–H groups in total. The van der Waals surface area contributed by atoms with Crippen molar-refractivity contribution in [2.24, 2.45) is 0 Å². The van der Waals surface area contributed by atoms with Crippen molar-refractivity contribution in [1.82, 2.24) is 19.5 Å². The molecule has 4 aromatic heterocycles. The quantitative estimate of drug-likeness (QED) is 0.162. The smallest absolute Gasteiger partial charge is 0.168 e. The van der Waals surface area contributed by atoms with E-state index < -0.39 is 0 Å². The average Bonchev–Trinajstić information content (AvgIpc) is 3.68. The fourth-order valence-corrected chi connectivity index (χ4v) is 6.45. The van der Waals surface area contributed by atoms with Gasteiger partial charge in [-0.2, -0.15) is 0 Å². The van der Waals surface area contributed by atoms with Gasteiger partial charge < -0.3 is 14.0 Å². The van der Waals surface area contributed by atoms with Gasteiger partial charge >= 0.3 is 0 Å². The van der Waals surface area contributed by atoms with Gasteiger partial charge in [-0.25, -0.2) is 4.98 Å². The number of imidazole rings is 1. The van der Waals surface area contributed by atoms with Crippen LogP contribution in [0.1, 0.15) is 67.3 Å². The summed E-state index contributed by atoms with van der Waals surface area (Å²) in [6, 6.07) is 37.8. The van der Waals surface area contributed by atoms with E-state index in [-0.39, 0.29) is 20.1 Å². The third-order valence-corrected chi connectivity index (χ3v) is 9.04. The molecule has 8 aromatic rings. The summed E-state index contributed by atoms with van der Waals surface area (Å²) in [4.78, 5) is 14.1. The summed E-state index contributed by atoms with van der Waals surface area (Å²) in [5.74, 6) is 1.50. The fraction of sp³-hybridized carbons (Fsp3) is 0.205. The molecule has 0 aliphatic rings. The predicted molar refractivity (Wildman–Crippen MR) is 201 cm³/mol. The first kappa shape index (κ1) is 34.9. The number of aromatic nitrogens is 4. The molecule has 253 valence electrons. The van der Waals surface area contributed by atoms with Crippen LogP contribution in [0.4, 0.5) is 0 Å². The number of fused-ring (bicyclic) bond motifs is 4. The van der Waals surface area contributed by atoms with Gasteiger partial charge in [0, 0.05) is 43.6 Å². The van der Waals surface area contributed by atoms with Crippen molar-refractivity contribution in [3.63, 3.8) is 0 Å².